The lowest BCUT2D eigenvalue weighted by Gasteiger charge is -2.13. The molecule has 0 spiro atoms. The summed E-state index contributed by atoms with van der Waals surface area (Å²) >= 11 is 0. The average Bonchev–Trinajstić information content (AvgIpc) is 2.42. The average molecular weight is 277 g/mol. The normalized spacial score (nSPS) is 11.4. The molecule has 0 saturated heterocycles. The van der Waals surface area contributed by atoms with Crippen molar-refractivity contribution < 1.29 is 14.3 Å². The van der Waals surface area contributed by atoms with Crippen molar-refractivity contribution >= 4 is 5.91 Å². The van der Waals surface area contributed by atoms with Gasteiger partial charge in [0.2, 0.25) is 0 Å². The molecule has 0 aliphatic rings. The van der Waals surface area contributed by atoms with Crippen LogP contribution in [0.2, 0.25) is 0 Å². The lowest BCUT2D eigenvalue weighted by molar-refractivity contribution is 0.0934. The van der Waals surface area contributed by atoms with E-state index in [1.807, 2.05) is 6.92 Å². The van der Waals surface area contributed by atoms with Crippen molar-refractivity contribution in [2.24, 2.45) is 0 Å². The molecule has 0 heterocycles. The van der Waals surface area contributed by atoms with Gasteiger partial charge in [-0.1, -0.05) is 31.6 Å². The fraction of sp³-hybridized carbons (Fsp3) is 0.438. The molecule has 0 radical (unpaired) electrons. The standard InChI is InChI=1S/C16H20FNO2/c1-3-4-6-12(2)18-16(20)14-9-8-13(7-5-10-19)11-15(14)17/h8-9,11-12,19H,3-4,6,10H2,1-2H3,(H,18,20). The Hall–Kier alpha value is -1.86. The van der Waals surface area contributed by atoms with Crippen molar-refractivity contribution in [3.63, 3.8) is 0 Å². The molecule has 1 aromatic rings. The smallest absolute Gasteiger partial charge is 0.254 e. The van der Waals surface area contributed by atoms with E-state index in [0.29, 0.717) is 5.56 Å². The molecule has 108 valence electrons. The van der Waals surface area contributed by atoms with Crippen molar-refractivity contribution in [2.75, 3.05) is 6.61 Å². The van der Waals surface area contributed by atoms with Crippen molar-refractivity contribution in [3.8, 4) is 11.8 Å². The highest BCUT2D eigenvalue weighted by molar-refractivity contribution is 5.94. The molecule has 4 heteroatoms. The molecule has 1 amide bonds. The summed E-state index contributed by atoms with van der Waals surface area (Å²) in [4.78, 5) is 11.9. The number of hydrogen-bond acceptors (Lipinski definition) is 2. The van der Waals surface area contributed by atoms with Gasteiger partial charge in [-0.15, -0.1) is 0 Å². The predicted octanol–water partition coefficient (Wildman–Crippen LogP) is 2.48. The second-order valence-electron chi connectivity index (χ2n) is 4.67. The van der Waals surface area contributed by atoms with E-state index in [0.717, 1.165) is 19.3 Å². The van der Waals surface area contributed by atoms with Gasteiger partial charge in [0.1, 0.15) is 12.4 Å². The quantitative estimate of drug-likeness (QED) is 0.812. The van der Waals surface area contributed by atoms with Crippen LogP contribution in [0.15, 0.2) is 18.2 Å². The van der Waals surface area contributed by atoms with Gasteiger partial charge in [-0.25, -0.2) is 4.39 Å². The van der Waals surface area contributed by atoms with E-state index in [-0.39, 0.29) is 18.2 Å². The summed E-state index contributed by atoms with van der Waals surface area (Å²) in [7, 11) is 0. The highest BCUT2D eigenvalue weighted by Crippen LogP contribution is 2.11. The van der Waals surface area contributed by atoms with Crippen LogP contribution in [0.3, 0.4) is 0 Å². The molecule has 1 rings (SSSR count). The van der Waals surface area contributed by atoms with E-state index >= 15 is 0 Å². The molecule has 0 fully saturated rings. The van der Waals surface area contributed by atoms with Gasteiger partial charge in [0.05, 0.1) is 5.56 Å². The highest BCUT2D eigenvalue weighted by atomic mass is 19.1. The number of aliphatic hydroxyl groups is 1. The monoisotopic (exact) mass is 277 g/mol. The third-order valence-corrected chi connectivity index (χ3v) is 2.89. The fourth-order valence-electron chi connectivity index (χ4n) is 1.80. The summed E-state index contributed by atoms with van der Waals surface area (Å²) in [5, 5.41) is 11.4. The zero-order chi connectivity index (χ0) is 15.0. The number of amides is 1. The minimum absolute atomic E-state index is 0.0166. The Kier molecular flexibility index (Phi) is 6.75. The van der Waals surface area contributed by atoms with Gasteiger partial charge in [-0.05, 0) is 31.5 Å². The van der Waals surface area contributed by atoms with Crippen molar-refractivity contribution in [3.05, 3.63) is 35.1 Å². The Bertz CT molecular complexity index is 517. The summed E-state index contributed by atoms with van der Waals surface area (Å²) in [5.41, 5.74) is 0.454. The molecule has 0 aliphatic heterocycles. The zero-order valence-electron chi connectivity index (χ0n) is 11.9. The molecule has 3 nitrogen and oxygen atoms in total. The summed E-state index contributed by atoms with van der Waals surface area (Å²) in [6, 6.07) is 4.21. The number of halogens is 1. The second-order valence-corrected chi connectivity index (χ2v) is 4.67. The van der Waals surface area contributed by atoms with E-state index in [2.05, 4.69) is 24.1 Å². The van der Waals surface area contributed by atoms with E-state index in [1.54, 1.807) is 6.07 Å². The van der Waals surface area contributed by atoms with Gasteiger partial charge in [0.15, 0.2) is 0 Å². The minimum Gasteiger partial charge on any atom is -0.384 e. The third-order valence-electron chi connectivity index (χ3n) is 2.89. The molecule has 1 aromatic carbocycles. The summed E-state index contributed by atoms with van der Waals surface area (Å²) in [6.45, 7) is 3.71. The Labute approximate surface area is 119 Å². The van der Waals surface area contributed by atoms with Crippen LogP contribution in [0.25, 0.3) is 0 Å². The first-order chi connectivity index (χ1) is 9.58. The zero-order valence-corrected chi connectivity index (χ0v) is 11.9. The number of hydrogen-bond donors (Lipinski definition) is 2. The number of unbranched alkanes of at least 4 members (excludes halogenated alkanes) is 1. The fourth-order valence-corrected chi connectivity index (χ4v) is 1.80. The number of benzene rings is 1. The summed E-state index contributed by atoms with van der Waals surface area (Å²) in [5.74, 6) is 4.02. The third kappa shape index (κ3) is 5.02. The maximum atomic E-state index is 13.8. The van der Waals surface area contributed by atoms with Gasteiger partial charge < -0.3 is 10.4 Å². The van der Waals surface area contributed by atoms with E-state index in [9.17, 15) is 9.18 Å². The first-order valence-electron chi connectivity index (χ1n) is 6.78. The predicted molar refractivity (Wildman–Crippen MR) is 76.8 cm³/mol. The SMILES string of the molecule is CCCCC(C)NC(=O)c1ccc(C#CCO)cc1F. The maximum absolute atomic E-state index is 13.8. The Morgan fingerprint density at radius 2 is 2.25 bits per heavy atom. The van der Waals surface area contributed by atoms with Crippen LogP contribution in [0.4, 0.5) is 4.39 Å². The molecule has 1 atom stereocenters. The molecule has 1 unspecified atom stereocenters. The van der Waals surface area contributed by atoms with Crippen molar-refractivity contribution in [2.45, 2.75) is 39.2 Å². The molecule has 20 heavy (non-hydrogen) atoms. The summed E-state index contributed by atoms with van der Waals surface area (Å²) in [6.07, 6.45) is 2.97. The van der Waals surface area contributed by atoms with Crippen molar-refractivity contribution in [1.82, 2.24) is 5.32 Å². The largest absolute Gasteiger partial charge is 0.384 e. The van der Waals surface area contributed by atoms with Crippen LogP contribution in [0.5, 0.6) is 0 Å². The lowest BCUT2D eigenvalue weighted by atomic mass is 10.1. The van der Waals surface area contributed by atoms with Crippen LogP contribution >= 0.6 is 0 Å². The van der Waals surface area contributed by atoms with E-state index < -0.39 is 11.7 Å². The van der Waals surface area contributed by atoms with Gasteiger partial charge in [0, 0.05) is 11.6 Å². The molecular formula is C16H20FNO2. The van der Waals surface area contributed by atoms with Gasteiger partial charge in [0.25, 0.3) is 5.91 Å². The highest BCUT2D eigenvalue weighted by Gasteiger charge is 2.14. The van der Waals surface area contributed by atoms with Crippen LogP contribution in [0, 0.1) is 17.7 Å². The topological polar surface area (TPSA) is 49.3 Å². The van der Waals surface area contributed by atoms with Crippen LogP contribution in [0.1, 0.15) is 49.0 Å². The van der Waals surface area contributed by atoms with Gasteiger partial charge in [-0.3, -0.25) is 4.79 Å². The summed E-state index contributed by atoms with van der Waals surface area (Å²) < 4.78 is 13.8. The number of nitrogens with one attached hydrogen (secondary N) is 1. The maximum Gasteiger partial charge on any atom is 0.254 e. The molecule has 2 N–H and O–H groups in total. The molecular weight excluding hydrogens is 257 g/mol. The molecule has 0 aliphatic carbocycles. The first kappa shape index (κ1) is 16.2. The Morgan fingerprint density at radius 1 is 1.50 bits per heavy atom. The van der Waals surface area contributed by atoms with Crippen LogP contribution < -0.4 is 5.32 Å². The Morgan fingerprint density at radius 3 is 2.85 bits per heavy atom. The van der Waals surface area contributed by atoms with Crippen LogP contribution in [-0.4, -0.2) is 23.7 Å². The molecule has 0 bridgehead atoms. The number of carbonyl (C=O) groups is 1. The molecule has 0 aromatic heterocycles. The first-order valence-corrected chi connectivity index (χ1v) is 6.78. The molecule has 0 saturated carbocycles. The lowest BCUT2D eigenvalue weighted by Crippen LogP contribution is -2.33. The minimum atomic E-state index is -0.602. The number of aliphatic hydroxyl groups excluding tert-OH is 1. The second kappa shape index (κ2) is 8.34. The number of rotatable bonds is 5. The number of carbonyl (C=O) groups excluding carboxylic acids is 1. The van der Waals surface area contributed by atoms with E-state index in [4.69, 9.17) is 5.11 Å². The van der Waals surface area contributed by atoms with Crippen molar-refractivity contribution in [1.29, 1.82) is 0 Å². The van der Waals surface area contributed by atoms with Gasteiger partial charge >= 0.3 is 0 Å². The van der Waals surface area contributed by atoms with E-state index in [1.165, 1.54) is 12.1 Å². The van der Waals surface area contributed by atoms with Gasteiger partial charge in [-0.2, -0.15) is 0 Å². The Balaban J connectivity index is 2.73. The van der Waals surface area contributed by atoms with Crippen LogP contribution in [-0.2, 0) is 0 Å².